The lowest BCUT2D eigenvalue weighted by atomic mass is 9.82. The summed E-state index contributed by atoms with van der Waals surface area (Å²) in [4.78, 5) is 12.6. The number of carbonyl (C=O) groups is 1. The minimum atomic E-state index is -0.736. The number of nitrogens with one attached hydrogen (secondary N) is 1. The van der Waals surface area contributed by atoms with E-state index in [9.17, 15) is 15.2 Å². The Balaban J connectivity index is 0.00000261. The zero-order valence-corrected chi connectivity index (χ0v) is 15.5. The molecule has 2 heterocycles. The monoisotopic (exact) mass is 387 g/mol. The molecular weight excluding hydrogens is 370 g/mol. The highest BCUT2D eigenvalue weighted by Crippen LogP contribution is 2.39. The molecule has 1 aliphatic heterocycles. The van der Waals surface area contributed by atoms with E-state index < -0.39 is 23.8 Å². The second-order valence-electron chi connectivity index (χ2n) is 5.72. The van der Waals surface area contributed by atoms with Crippen LogP contribution in [-0.4, -0.2) is 25.2 Å². The molecule has 2 N–H and O–H groups in total. The molecule has 0 saturated carbocycles. The second-order valence-corrected chi connectivity index (χ2v) is 5.72. The number of benzene rings is 1. The number of aromatic nitrogens is 1. The highest BCUT2D eigenvalue weighted by molar-refractivity contribution is 5.84. The van der Waals surface area contributed by atoms with E-state index >= 15 is 0 Å². The van der Waals surface area contributed by atoms with E-state index in [1.807, 2.05) is 12.1 Å². The maximum Gasteiger partial charge on any atom is 0.296 e. The first-order valence-corrected chi connectivity index (χ1v) is 7.92. The Bertz CT molecular complexity index is 909. The van der Waals surface area contributed by atoms with Gasteiger partial charge in [-0.1, -0.05) is 12.1 Å². The number of hydrogen-bond acceptors (Lipinski definition) is 5. The predicted octanol–water partition coefficient (Wildman–Crippen LogP) is -1.26. The Hall–Kier alpha value is -3.24. The minimum absolute atomic E-state index is 0. The van der Waals surface area contributed by atoms with E-state index in [1.54, 1.807) is 47.3 Å². The number of amides is 1. The van der Waals surface area contributed by atoms with Crippen molar-refractivity contribution >= 4 is 5.91 Å². The van der Waals surface area contributed by atoms with Crippen LogP contribution in [0.15, 0.2) is 60.2 Å². The number of aliphatic hydroxyl groups is 1. The van der Waals surface area contributed by atoms with E-state index in [0.717, 1.165) is 0 Å². The number of allylic oxidation sites excluding steroid dienone is 1. The molecule has 0 aliphatic carbocycles. The Kier molecular flexibility index (Phi) is 6.27. The molecule has 0 spiro atoms. The maximum atomic E-state index is 12.6. The largest absolute Gasteiger partial charge is 1.00 e. The Labute approximate surface area is 162 Å². The van der Waals surface area contributed by atoms with Crippen molar-refractivity contribution in [2.24, 2.45) is 0 Å². The van der Waals surface area contributed by atoms with Crippen LogP contribution in [0, 0.1) is 11.3 Å². The fraction of sp³-hybridized carbons (Fsp3) is 0.211. The SMILES string of the molecule is COc1ccc(C2C(C#N)=C(O)NC(=O)C2[n+]2ccccc2)cc1OC.[Cl-]. The van der Waals surface area contributed by atoms with E-state index in [2.05, 4.69) is 5.32 Å². The average molecular weight is 388 g/mol. The summed E-state index contributed by atoms with van der Waals surface area (Å²) in [5.41, 5.74) is 0.736. The number of nitriles is 1. The van der Waals surface area contributed by atoms with Crippen LogP contribution in [0.4, 0.5) is 0 Å². The van der Waals surface area contributed by atoms with Crippen molar-refractivity contribution in [3.05, 3.63) is 65.8 Å². The van der Waals surface area contributed by atoms with E-state index in [4.69, 9.17) is 9.47 Å². The van der Waals surface area contributed by atoms with Gasteiger partial charge in [-0.15, -0.1) is 0 Å². The Morgan fingerprint density at radius 1 is 1.15 bits per heavy atom. The van der Waals surface area contributed by atoms with Gasteiger partial charge in [0.2, 0.25) is 11.9 Å². The number of rotatable bonds is 4. The number of methoxy groups -OCH3 is 2. The van der Waals surface area contributed by atoms with Crippen molar-refractivity contribution in [2.75, 3.05) is 14.2 Å². The molecule has 1 aliphatic rings. The van der Waals surface area contributed by atoms with Crippen molar-refractivity contribution in [1.82, 2.24) is 5.32 Å². The summed E-state index contributed by atoms with van der Waals surface area (Å²) in [6.07, 6.45) is 3.49. The Morgan fingerprint density at radius 3 is 2.41 bits per heavy atom. The summed E-state index contributed by atoms with van der Waals surface area (Å²) in [6, 6.07) is 11.9. The van der Waals surface area contributed by atoms with Gasteiger partial charge in [-0.3, -0.25) is 10.1 Å². The number of ether oxygens (including phenoxy) is 2. The molecule has 1 amide bonds. The van der Waals surface area contributed by atoms with E-state index in [0.29, 0.717) is 17.1 Å². The Morgan fingerprint density at radius 2 is 1.81 bits per heavy atom. The fourth-order valence-electron chi connectivity index (χ4n) is 3.14. The molecule has 8 heteroatoms. The van der Waals surface area contributed by atoms with Crippen LogP contribution in [-0.2, 0) is 4.79 Å². The van der Waals surface area contributed by atoms with Gasteiger partial charge in [-0.05, 0) is 17.7 Å². The summed E-state index contributed by atoms with van der Waals surface area (Å²) >= 11 is 0. The van der Waals surface area contributed by atoms with Crippen LogP contribution in [0.2, 0.25) is 0 Å². The number of pyridine rings is 1. The van der Waals surface area contributed by atoms with Crippen molar-refractivity contribution in [3.63, 3.8) is 0 Å². The molecular formula is C19H18ClN3O4. The summed E-state index contributed by atoms with van der Waals surface area (Å²) in [5.74, 6) is -0.500. The van der Waals surface area contributed by atoms with Gasteiger partial charge in [-0.2, -0.15) is 9.83 Å². The van der Waals surface area contributed by atoms with Crippen LogP contribution < -0.4 is 31.8 Å². The number of hydrogen-bond donors (Lipinski definition) is 2. The van der Waals surface area contributed by atoms with Gasteiger partial charge in [0.1, 0.15) is 11.6 Å². The molecule has 140 valence electrons. The molecule has 27 heavy (non-hydrogen) atoms. The zero-order valence-electron chi connectivity index (χ0n) is 14.7. The summed E-state index contributed by atoms with van der Waals surface area (Å²) < 4.78 is 12.3. The molecule has 2 aromatic rings. The normalized spacial score (nSPS) is 18.8. The van der Waals surface area contributed by atoms with Crippen molar-refractivity contribution in [1.29, 1.82) is 5.26 Å². The topological polar surface area (TPSA) is 95.5 Å². The van der Waals surface area contributed by atoms with Gasteiger partial charge in [0.05, 0.1) is 20.1 Å². The van der Waals surface area contributed by atoms with Gasteiger partial charge in [0.15, 0.2) is 23.9 Å². The molecule has 2 atom stereocenters. The van der Waals surface area contributed by atoms with Crippen LogP contribution in [0.5, 0.6) is 11.5 Å². The van der Waals surface area contributed by atoms with Crippen LogP contribution >= 0.6 is 0 Å². The smallest absolute Gasteiger partial charge is 0.296 e. The second kappa shape index (κ2) is 8.43. The molecule has 3 rings (SSSR count). The predicted molar refractivity (Wildman–Crippen MR) is 91.4 cm³/mol. The first-order chi connectivity index (χ1) is 12.6. The molecule has 0 saturated heterocycles. The number of nitrogens with zero attached hydrogens (tertiary/aromatic N) is 2. The number of halogens is 1. The third-order valence-electron chi connectivity index (χ3n) is 4.34. The van der Waals surface area contributed by atoms with Crippen LogP contribution in [0.1, 0.15) is 17.5 Å². The third-order valence-corrected chi connectivity index (χ3v) is 4.34. The quantitative estimate of drug-likeness (QED) is 0.639. The lowest BCUT2D eigenvalue weighted by Gasteiger charge is -2.27. The molecule has 1 aromatic heterocycles. The highest BCUT2D eigenvalue weighted by Gasteiger charge is 2.45. The van der Waals surface area contributed by atoms with Gasteiger partial charge < -0.3 is 27.0 Å². The minimum Gasteiger partial charge on any atom is -1.00 e. The average Bonchev–Trinajstić information content (AvgIpc) is 2.67. The number of aliphatic hydroxyl groups excluding tert-OH is 1. The highest BCUT2D eigenvalue weighted by atomic mass is 35.5. The summed E-state index contributed by atoms with van der Waals surface area (Å²) in [7, 11) is 3.04. The lowest BCUT2D eigenvalue weighted by molar-refractivity contribution is -0.711. The molecule has 1 aromatic carbocycles. The first kappa shape index (κ1) is 20.1. The van der Waals surface area contributed by atoms with Gasteiger partial charge >= 0.3 is 0 Å². The molecule has 7 nitrogen and oxygen atoms in total. The van der Waals surface area contributed by atoms with Gasteiger partial charge in [0.25, 0.3) is 5.91 Å². The first-order valence-electron chi connectivity index (χ1n) is 7.92. The zero-order chi connectivity index (χ0) is 18.7. The maximum absolute atomic E-state index is 12.6. The third kappa shape index (κ3) is 3.66. The van der Waals surface area contributed by atoms with Crippen molar-refractivity contribution in [2.45, 2.75) is 12.0 Å². The number of carbonyl (C=O) groups excluding carboxylic acids is 1. The molecule has 0 fully saturated rings. The summed E-state index contributed by atoms with van der Waals surface area (Å²) in [5, 5.41) is 22.1. The fourth-order valence-corrected chi connectivity index (χ4v) is 3.14. The van der Waals surface area contributed by atoms with Crippen LogP contribution in [0.3, 0.4) is 0 Å². The van der Waals surface area contributed by atoms with E-state index in [-0.39, 0.29) is 18.0 Å². The molecule has 2 unspecified atom stereocenters. The van der Waals surface area contributed by atoms with E-state index in [1.165, 1.54) is 14.2 Å². The standard InChI is InChI=1S/C19H17N3O4.ClH/c1-25-14-7-6-12(10-15(14)26-2)16-13(11-20)18(23)21-19(24)17(16)22-8-4-3-5-9-22;/h3-10,16-17H,1-2H3,(H-,21,23,24);1H. The van der Waals surface area contributed by atoms with Crippen molar-refractivity contribution in [3.8, 4) is 17.6 Å². The van der Waals surface area contributed by atoms with Gasteiger partial charge in [0, 0.05) is 12.1 Å². The van der Waals surface area contributed by atoms with Crippen molar-refractivity contribution < 1.29 is 36.3 Å². The summed E-state index contributed by atoms with van der Waals surface area (Å²) in [6.45, 7) is 0. The molecule has 0 bridgehead atoms. The van der Waals surface area contributed by atoms with Crippen LogP contribution in [0.25, 0.3) is 0 Å². The lowest BCUT2D eigenvalue weighted by Crippen LogP contribution is -3.00. The van der Waals surface area contributed by atoms with Gasteiger partial charge in [-0.25, -0.2) is 0 Å². The molecule has 0 radical (unpaired) electrons.